The summed E-state index contributed by atoms with van der Waals surface area (Å²) in [6, 6.07) is 0. The Balaban J connectivity index is 4.19. The van der Waals surface area contributed by atoms with E-state index < -0.39 is 11.1 Å². The third-order valence-electron chi connectivity index (χ3n) is 1.97. The minimum absolute atomic E-state index is 0.334. The van der Waals surface area contributed by atoms with Crippen LogP contribution >= 0.6 is 0 Å². The molecule has 0 fully saturated rings. The van der Waals surface area contributed by atoms with Crippen LogP contribution in [0.2, 0.25) is 0 Å². The maximum Gasteiger partial charge on any atom is 0.326 e. The van der Waals surface area contributed by atoms with Gasteiger partial charge < -0.3 is 10.5 Å². The molecule has 0 unspecified atom stereocenters. The number of esters is 1. The molecular formula is C12H23NO2. The second-order valence-corrected chi connectivity index (χ2v) is 5.10. The van der Waals surface area contributed by atoms with Gasteiger partial charge >= 0.3 is 5.97 Å². The van der Waals surface area contributed by atoms with Gasteiger partial charge in [-0.25, -0.2) is 0 Å². The number of carbonyl (C=O) groups excluding carboxylic acids is 1. The number of rotatable bonds is 5. The summed E-state index contributed by atoms with van der Waals surface area (Å²) in [5, 5.41) is 0. The number of hydrogen-bond donors (Lipinski definition) is 1. The standard InChI is InChI=1S/C12H23NO2/c1-6-7-8-9-12(5,13)10(14)15-11(2,3)4/h6H,1,7-9,13H2,2-5H3/t12-/m0/s1. The van der Waals surface area contributed by atoms with Crippen LogP contribution in [-0.4, -0.2) is 17.1 Å². The summed E-state index contributed by atoms with van der Waals surface area (Å²) in [6.45, 7) is 10.9. The number of allylic oxidation sites excluding steroid dienone is 1. The fourth-order valence-corrected chi connectivity index (χ4v) is 1.11. The van der Waals surface area contributed by atoms with Crippen LogP contribution in [0, 0.1) is 0 Å². The lowest BCUT2D eigenvalue weighted by Gasteiger charge is -2.28. The molecule has 88 valence electrons. The Morgan fingerprint density at radius 1 is 1.40 bits per heavy atom. The van der Waals surface area contributed by atoms with Crippen LogP contribution in [0.15, 0.2) is 12.7 Å². The average molecular weight is 213 g/mol. The molecule has 0 rings (SSSR count). The van der Waals surface area contributed by atoms with Gasteiger partial charge in [-0.2, -0.15) is 0 Å². The normalized spacial score (nSPS) is 15.5. The Morgan fingerprint density at radius 2 is 1.93 bits per heavy atom. The van der Waals surface area contributed by atoms with E-state index in [9.17, 15) is 4.79 Å². The van der Waals surface area contributed by atoms with Crippen LogP contribution in [0.4, 0.5) is 0 Å². The van der Waals surface area contributed by atoms with Crippen molar-refractivity contribution >= 4 is 5.97 Å². The van der Waals surface area contributed by atoms with Gasteiger partial charge in [0.1, 0.15) is 11.1 Å². The lowest BCUT2D eigenvalue weighted by atomic mass is 9.96. The van der Waals surface area contributed by atoms with Crippen molar-refractivity contribution in [3.63, 3.8) is 0 Å². The number of unbranched alkanes of at least 4 members (excludes halogenated alkanes) is 1. The van der Waals surface area contributed by atoms with Crippen molar-refractivity contribution < 1.29 is 9.53 Å². The van der Waals surface area contributed by atoms with Crippen molar-refractivity contribution in [2.45, 2.75) is 58.1 Å². The molecule has 0 heterocycles. The van der Waals surface area contributed by atoms with E-state index in [1.165, 1.54) is 0 Å². The molecule has 0 aromatic rings. The summed E-state index contributed by atoms with van der Waals surface area (Å²) in [5.41, 5.74) is 4.53. The summed E-state index contributed by atoms with van der Waals surface area (Å²) in [4.78, 5) is 11.7. The van der Waals surface area contributed by atoms with Gasteiger partial charge in [-0.3, -0.25) is 4.79 Å². The lowest BCUT2D eigenvalue weighted by molar-refractivity contribution is -0.161. The summed E-state index contributed by atoms with van der Waals surface area (Å²) in [6.07, 6.45) is 4.17. The molecule has 0 saturated heterocycles. The molecule has 0 spiro atoms. The van der Waals surface area contributed by atoms with Crippen molar-refractivity contribution in [1.29, 1.82) is 0 Å². The van der Waals surface area contributed by atoms with E-state index >= 15 is 0 Å². The quantitative estimate of drug-likeness (QED) is 0.433. The van der Waals surface area contributed by atoms with E-state index in [1.54, 1.807) is 6.92 Å². The Bertz CT molecular complexity index is 226. The molecule has 0 aromatic carbocycles. The Morgan fingerprint density at radius 3 is 2.33 bits per heavy atom. The highest BCUT2D eigenvalue weighted by Crippen LogP contribution is 2.17. The van der Waals surface area contributed by atoms with Crippen molar-refractivity contribution in [2.24, 2.45) is 5.73 Å². The highest BCUT2D eigenvalue weighted by molar-refractivity contribution is 5.80. The molecule has 15 heavy (non-hydrogen) atoms. The summed E-state index contributed by atoms with van der Waals surface area (Å²) < 4.78 is 5.24. The zero-order chi connectivity index (χ0) is 12.1. The molecule has 0 radical (unpaired) electrons. The van der Waals surface area contributed by atoms with Crippen LogP contribution in [-0.2, 0) is 9.53 Å². The third-order valence-corrected chi connectivity index (χ3v) is 1.97. The summed E-state index contributed by atoms with van der Waals surface area (Å²) in [7, 11) is 0. The first kappa shape index (κ1) is 14.2. The van der Waals surface area contributed by atoms with Crippen LogP contribution in [0.3, 0.4) is 0 Å². The summed E-state index contributed by atoms with van der Waals surface area (Å²) >= 11 is 0. The van der Waals surface area contributed by atoms with E-state index in [1.807, 2.05) is 26.8 Å². The largest absolute Gasteiger partial charge is 0.459 e. The third kappa shape index (κ3) is 6.28. The van der Waals surface area contributed by atoms with Gasteiger partial charge in [0, 0.05) is 0 Å². The van der Waals surface area contributed by atoms with E-state index in [2.05, 4.69) is 6.58 Å². The molecule has 3 heteroatoms. The maximum absolute atomic E-state index is 11.7. The van der Waals surface area contributed by atoms with Crippen LogP contribution in [0.25, 0.3) is 0 Å². The average Bonchev–Trinajstić information content (AvgIpc) is 2.01. The fraction of sp³-hybridized carbons (Fsp3) is 0.750. The molecule has 0 aliphatic heterocycles. The minimum atomic E-state index is -0.893. The van der Waals surface area contributed by atoms with Gasteiger partial charge in [0.2, 0.25) is 0 Å². The van der Waals surface area contributed by atoms with Crippen LogP contribution < -0.4 is 5.73 Å². The molecule has 0 aliphatic carbocycles. The molecule has 0 saturated carbocycles. The van der Waals surface area contributed by atoms with Crippen molar-refractivity contribution in [1.82, 2.24) is 0 Å². The Labute approximate surface area is 92.7 Å². The molecule has 2 N–H and O–H groups in total. The first-order chi connectivity index (χ1) is 6.69. The van der Waals surface area contributed by atoms with Gasteiger partial charge in [-0.1, -0.05) is 6.08 Å². The van der Waals surface area contributed by atoms with Gasteiger partial charge in [-0.15, -0.1) is 6.58 Å². The van der Waals surface area contributed by atoms with Gasteiger partial charge in [0.05, 0.1) is 0 Å². The molecule has 0 bridgehead atoms. The van der Waals surface area contributed by atoms with Crippen LogP contribution in [0.5, 0.6) is 0 Å². The van der Waals surface area contributed by atoms with E-state index in [0.717, 1.165) is 12.8 Å². The SMILES string of the molecule is C=CCCC[C@](C)(N)C(=O)OC(C)(C)C. The maximum atomic E-state index is 11.7. The van der Waals surface area contributed by atoms with Crippen molar-refractivity contribution in [2.75, 3.05) is 0 Å². The number of nitrogens with two attached hydrogens (primary N) is 1. The van der Waals surface area contributed by atoms with E-state index in [0.29, 0.717) is 6.42 Å². The van der Waals surface area contributed by atoms with Gasteiger partial charge in [0.25, 0.3) is 0 Å². The molecule has 0 amide bonds. The minimum Gasteiger partial charge on any atom is -0.459 e. The summed E-state index contributed by atoms with van der Waals surface area (Å²) in [5.74, 6) is -0.334. The molecule has 1 atom stereocenters. The second kappa shape index (κ2) is 5.31. The van der Waals surface area contributed by atoms with Crippen molar-refractivity contribution in [3.05, 3.63) is 12.7 Å². The topological polar surface area (TPSA) is 52.3 Å². The molecular weight excluding hydrogens is 190 g/mol. The van der Waals surface area contributed by atoms with Gasteiger partial charge in [0.15, 0.2) is 0 Å². The van der Waals surface area contributed by atoms with Gasteiger partial charge in [-0.05, 0) is 47.0 Å². The first-order valence-electron chi connectivity index (χ1n) is 5.32. The Kier molecular flexibility index (Phi) is 5.01. The number of carbonyl (C=O) groups is 1. The van der Waals surface area contributed by atoms with Crippen molar-refractivity contribution in [3.8, 4) is 0 Å². The molecule has 0 aromatic heterocycles. The highest BCUT2D eigenvalue weighted by Gasteiger charge is 2.32. The zero-order valence-corrected chi connectivity index (χ0v) is 10.3. The smallest absolute Gasteiger partial charge is 0.326 e. The lowest BCUT2D eigenvalue weighted by Crippen LogP contribution is -2.48. The zero-order valence-electron chi connectivity index (χ0n) is 10.3. The van der Waals surface area contributed by atoms with Crippen LogP contribution in [0.1, 0.15) is 47.0 Å². The number of hydrogen-bond acceptors (Lipinski definition) is 3. The first-order valence-corrected chi connectivity index (χ1v) is 5.32. The Hall–Kier alpha value is -0.830. The highest BCUT2D eigenvalue weighted by atomic mass is 16.6. The van der Waals surface area contributed by atoms with E-state index in [4.69, 9.17) is 10.5 Å². The molecule has 3 nitrogen and oxygen atoms in total. The number of ether oxygens (including phenoxy) is 1. The monoisotopic (exact) mass is 213 g/mol. The predicted molar refractivity (Wildman–Crippen MR) is 62.5 cm³/mol. The van der Waals surface area contributed by atoms with E-state index in [-0.39, 0.29) is 5.97 Å². The molecule has 0 aliphatic rings. The fourth-order valence-electron chi connectivity index (χ4n) is 1.11. The predicted octanol–water partition coefficient (Wildman–Crippen LogP) is 2.40. The second-order valence-electron chi connectivity index (χ2n) is 5.10.